The van der Waals surface area contributed by atoms with Gasteiger partial charge in [-0.05, 0) is 46.1 Å². The first kappa shape index (κ1) is 13.0. The van der Waals surface area contributed by atoms with Crippen molar-refractivity contribution < 1.29 is 4.39 Å². The van der Waals surface area contributed by atoms with E-state index in [1.165, 1.54) is 6.07 Å². The van der Waals surface area contributed by atoms with Gasteiger partial charge in [0, 0.05) is 25.8 Å². The molecular weight excluding hydrogens is 325 g/mol. The molecule has 0 radical (unpaired) electrons. The zero-order valence-corrected chi connectivity index (χ0v) is 11.9. The standard InChI is InChI=1S/C12H10BrClFNS/c13-8-4-12(17-6-8)11(16)3-7-1-2-9(14)5-10(7)15/h1-2,4-6,11H,3,16H2. The van der Waals surface area contributed by atoms with E-state index in [4.69, 9.17) is 17.3 Å². The summed E-state index contributed by atoms with van der Waals surface area (Å²) in [6.07, 6.45) is 0.468. The van der Waals surface area contributed by atoms with Crippen molar-refractivity contribution in [2.45, 2.75) is 12.5 Å². The molecule has 2 N–H and O–H groups in total. The number of thiophene rings is 1. The first-order valence-electron chi connectivity index (χ1n) is 4.99. The predicted octanol–water partition coefficient (Wildman–Crippen LogP) is 4.55. The Morgan fingerprint density at radius 1 is 1.41 bits per heavy atom. The number of rotatable bonds is 3. The molecule has 2 aromatic rings. The summed E-state index contributed by atoms with van der Waals surface area (Å²) in [5, 5.41) is 2.37. The molecule has 0 aliphatic rings. The summed E-state index contributed by atoms with van der Waals surface area (Å²) in [6, 6.07) is 6.44. The van der Waals surface area contributed by atoms with Gasteiger partial charge in [0.05, 0.1) is 0 Å². The van der Waals surface area contributed by atoms with Gasteiger partial charge in [0.1, 0.15) is 5.82 Å². The molecular formula is C12H10BrClFNS. The molecule has 0 saturated carbocycles. The van der Waals surface area contributed by atoms with Crippen molar-refractivity contribution in [3.63, 3.8) is 0 Å². The van der Waals surface area contributed by atoms with Crippen LogP contribution in [-0.4, -0.2) is 0 Å². The lowest BCUT2D eigenvalue weighted by molar-refractivity contribution is 0.595. The summed E-state index contributed by atoms with van der Waals surface area (Å²) in [6.45, 7) is 0. The first-order valence-corrected chi connectivity index (χ1v) is 7.05. The van der Waals surface area contributed by atoms with E-state index in [9.17, 15) is 4.39 Å². The van der Waals surface area contributed by atoms with Crippen molar-refractivity contribution in [2.75, 3.05) is 0 Å². The molecule has 1 aromatic heterocycles. The highest BCUT2D eigenvalue weighted by Crippen LogP contribution is 2.27. The molecule has 0 spiro atoms. The molecule has 1 heterocycles. The summed E-state index contributed by atoms with van der Waals surface area (Å²) >= 11 is 10.6. The van der Waals surface area contributed by atoms with Crippen LogP contribution in [0.15, 0.2) is 34.1 Å². The highest BCUT2D eigenvalue weighted by atomic mass is 79.9. The summed E-state index contributed by atoms with van der Waals surface area (Å²) < 4.78 is 14.6. The molecule has 1 aromatic carbocycles. The van der Waals surface area contributed by atoms with Gasteiger partial charge in [-0.15, -0.1) is 11.3 Å². The van der Waals surface area contributed by atoms with Crippen LogP contribution in [0.3, 0.4) is 0 Å². The van der Waals surface area contributed by atoms with Gasteiger partial charge >= 0.3 is 0 Å². The third-order valence-corrected chi connectivity index (χ3v) is 4.47. The molecule has 1 nitrogen and oxygen atoms in total. The molecule has 1 unspecified atom stereocenters. The van der Waals surface area contributed by atoms with Gasteiger partial charge in [0.2, 0.25) is 0 Å². The Labute approximate surface area is 117 Å². The molecule has 17 heavy (non-hydrogen) atoms. The Hall–Kier alpha value is -0.420. The Bertz CT molecular complexity index is 529. The lowest BCUT2D eigenvalue weighted by atomic mass is 10.1. The van der Waals surface area contributed by atoms with Crippen LogP contribution in [0.25, 0.3) is 0 Å². The fraction of sp³-hybridized carbons (Fsp3) is 0.167. The van der Waals surface area contributed by atoms with E-state index in [2.05, 4.69) is 15.9 Å². The molecule has 1 atom stereocenters. The number of benzene rings is 1. The van der Waals surface area contributed by atoms with E-state index in [0.717, 1.165) is 9.35 Å². The first-order chi connectivity index (χ1) is 8.06. The maximum atomic E-state index is 13.6. The zero-order chi connectivity index (χ0) is 12.4. The van der Waals surface area contributed by atoms with Crippen LogP contribution in [0, 0.1) is 5.82 Å². The van der Waals surface area contributed by atoms with Crippen LogP contribution in [-0.2, 0) is 6.42 Å². The fourth-order valence-corrected chi connectivity index (χ4v) is 3.15. The van der Waals surface area contributed by atoms with Gasteiger partial charge in [-0.25, -0.2) is 4.39 Å². The van der Waals surface area contributed by atoms with Crippen molar-refractivity contribution in [3.05, 3.63) is 55.4 Å². The molecule has 0 amide bonds. The maximum Gasteiger partial charge on any atom is 0.127 e. The smallest absolute Gasteiger partial charge is 0.127 e. The van der Waals surface area contributed by atoms with E-state index in [1.807, 2.05) is 11.4 Å². The molecule has 90 valence electrons. The van der Waals surface area contributed by atoms with Gasteiger partial charge in [-0.3, -0.25) is 0 Å². The molecule has 0 aliphatic heterocycles. The van der Waals surface area contributed by atoms with Crippen LogP contribution in [0.2, 0.25) is 5.02 Å². The Balaban J connectivity index is 2.15. The lowest BCUT2D eigenvalue weighted by Crippen LogP contribution is -2.12. The van der Waals surface area contributed by atoms with Crippen LogP contribution in [0.1, 0.15) is 16.5 Å². The molecule has 5 heteroatoms. The van der Waals surface area contributed by atoms with Gasteiger partial charge in [-0.1, -0.05) is 17.7 Å². The largest absolute Gasteiger partial charge is 0.323 e. The van der Waals surface area contributed by atoms with Crippen molar-refractivity contribution >= 4 is 38.9 Å². The average molecular weight is 335 g/mol. The van der Waals surface area contributed by atoms with E-state index in [0.29, 0.717) is 17.0 Å². The Kier molecular flexibility index (Phi) is 4.20. The molecule has 0 bridgehead atoms. The van der Waals surface area contributed by atoms with E-state index in [1.54, 1.807) is 23.5 Å². The lowest BCUT2D eigenvalue weighted by Gasteiger charge is -2.10. The highest BCUT2D eigenvalue weighted by Gasteiger charge is 2.12. The third kappa shape index (κ3) is 3.28. The number of hydrogen-bond donors (Lipinski definition) is 1. The third-order valence-electron chi connectivity index (χ3n) is 2.41. The van der Waals surface area contributed by atoms with Gasteiger partial charge in [-0.2, -0.15) is 0 Å². The topological polar surface area (TPSA) is 26.0 Å². The van der Waals surface area contributed by atoms with Crippen molar-refractivity contribution in [2.24, 2.45) is 5.73 Å². The summed E-state index contributed by atoms with van der Waals surface area (Å²) in [4.78, 5) is 1.03. The average Bonchev–Trinajstić information content (AvgIpc) is 2.69. The normalized spacial score (nSPS) is 12.7. The van der Waals surface area contributed by atoms with E-state index >= 15 is 0 Å². The predicted molar refractivity (Wildman–Crippen MR) is 74.1 cm³/mol. The van der Waals surface area contributed by atoms with Gasteiger partial charge in [0.15, 0.2) is 0 Å². The Morgan fingerprint density at radius 2 is 2.18 bits per heavy atom. The molecule has 0 fully saturated rings. The maximum absolute atomic E-state index is 13.6. The van der Waals surface area contributed by atoms with Crippen molar-refractivity contribution in [3.8, 4) is 0 Å². The second-order valence-corrected chi connectivity index (χ2v) is 6.01. The van der Waals surface area contributed by atoms with Crippen molar-refractivity contribution in [1.82, 2.24) is 0 Å². The Morgan fingerprint density at radius 3 is 2.76 bits per heavy atom. The number of halogens is 3. The minimum absolute atomic E-state index is 0.193. The zero-order valence-electron chi connectivity index (χ0n) is 8.79. The SMILES string of the molecule is NC(Cc1ccc(Cl)cc1F)c1cc(Br)cs1. The number of nitrogens with two attached hydrogens (primary N) is 1. The monoisotopic (exact) mass is 333 g/mol. The van der Waals surface area contributed by atoms with Gasteiger partial charge < -0.3 is 5.73 Å². The molecule has 0 aliphatic carbocycles. The van der Waals surface area contributed by atoms with E-state index < -0.39 is 0 Å². The molecule has 2 rings (SSSR count). The minimum Gasteiger partial charge on any atom is -0.323 e. The second kappa shape index (κ2) is 5.48. The summed E-state index contributed by atoms with van der Waals surface area (Å²) in [5.74, 6) is -0.302. The van der Waals surface area contributed by atoms with E-state index in [-0.39, 0.29) is 11.9 Å². The van der Waals surface area contributed by atoms with Crippen LogP contribution < -0.4 is 5.73 Å². The van der Waals surface area contributed by atoms with Gasteiger partial charge in [0.25, 0.3) is 0 Å². The minimum atomic E-state index is -0.302. The number of hydrogen-bond acceptors (Lipinski definition) is 2. The second-order valence-electron chi connectivity index (χ2n) is 3.71. The van der Waals surface area contributed by atoms with Crippen molar-refractivity contribution in [1.29, 1.82) is 0 Å². The molecule has 0 saturated heterocycles. The summed E-state index contributed by atoms with van der Waals surface area (Å²) in [7, 11) is 0. The fourth-order valence-electron chi connectivity index (χ4n) is 1.55. The van der Waals surface area contributed by atoms with Crippen LogP contribution >= 0.6 is 38.9 Å². The summed E-state index contributed by atoms with van der Waals surface area (Å²) in [5.41, 5.74) is 6.63. The highest BCUT2D eigenvalue weighted by molar-refractivity contribution is 9.10. The van der Waals surface area contributed by atoms with Crippen LogP contribution in [0.4, 0.5) is 4.39 Å². The van der Waals surface area contributed by atoms with Crippen LogP contribution in [0.5, 0.6) is 0 Å². The quantitative estimate of drug-likeness (QED) is 0.876.